The highest BCUT2D eigenvalue weighted by atomic mass is 16.5. The molecule has 0 bridgehead atoms. The lowest BCUT2D eigenvalue weighted by atomic mass is 9.87. The number of likely N-dealkylation sites (tertiary alicyclic amines) is 1. The molecule has 1 aromatic heterocycles. The van der Waals surface area contributed by atoms with E-state index < -0.39 is 0 Å². The van der Waals surface area contributed by atoms with Gasteiger partial charge in [-0.1, -0.05) is 6.07 Å². The van der Waals surface area contributed by atoms with Gasteiger partial charge in [0, 0.05) is 38.1 Å². The van der Waals surface area contributed by atoms with Gasteiger partial charge in [0.25, 0.3) is 0 Å². The van der Waals surface area contributed by atoms with Crippen molar-refractivity contribution < 1.29 is 4.74 Å². The number of hydrogen-bond acceptors (Lipinski definition) is 8. The average molecular weight is 460 g/mol. The van der Waals surface area contributed by atoms with E-state index >= 15 is 0 Å². The van der Waals surface area contributed by atoms with Gasteiger partial charge in [-0.15, -0.1) is 0 Å². The fourth-order valence-electron chi connectivity index (χ4n) is 5.86. The molecule has 8 heteroatoms. The van der Waals surface area contributed by atoms with Crippen molar-refractivity contribution in [2.24, 2.45) is 5.92 Å². The van der Waals surface area contributed by atoms with Crippen molar-refractivity contribution in [1.82, 2.24) is 20.2 Å². The Kier molecular flexibility index (Phi) is 5.75. The maximum absolute atomic E-state index is 9.24. The lowest BCUT2D eigenvalue weighted by Crippen LogP contribution is -2.58. The highest BCUT2D eigenvalue weighted by Gasteiger charge is 2.30. The average Bonchev–Trinajstić information content (AvgIpc) is 3.03. The van der Waals surface area contributed by atoms with Gasteiger partial charge in [-0.2, -0.15) is 5.26 Å². The first-order valence-corrected chi connectivity index (χ1v) is 12.7. The van der Waals surface area contributed by atoms with Gasteiger partial charge in [0.2, 0.25) is 0 Å². The number of nitrogens with zero attached hydrogens (tertiary/aromatic N) is 5. The Morgan fingerprint density at radius 1 is 1.06 bits per heavy atom. The second-order valence-corrected chi connectivity index (χ2v) is 10.2. The molecule has 3 saturated heterocycles. The van der Waals surface area contributed by atoms with Crippen molar-refractivity contribution in [2.75, 3.05) is 49.5 Å². The number of piperidine rings is 2. The lowest BCUT2D eigenvalue weighted by molar-refractivity contribution is 0.113. The minimum Gasteiger partial charge on any atom is -0.486 e. The predicted molar refractivity (Wildman–Crippen MR) is 132 cm³/mol. The third kappa shape index (κ3) is 3.97. The standard InChI is InChI=1S/C26H33N7O/c1-17-10-20(19-4-8-32(9-5-19)21-13-28-14-21)11-23-24(17)34-15-22-25(31-23)29-16-30-26(22)33-6-2-18(12-27)3-7-33/h10-11,16,18-19,21,28H,2-9,13-15H2,1H3,(H,29,30,31). The summed E-state index contributed by atoms with van der Waals surface area (Å²) in [7, 11) is 0. The Balaban J connectivity index is 1.23. The molecule has 1 aromatic carbocycles. The monoisotopic (exact) mass is 459 g/mol. The van der Waals surface area contributed by atoms with Gasteiger partial charge in [0.15, 0.2) is 0 Å². The predicted octanol–water partition coefficient (Wildman–Crippen LogP) is 3.31. The summed E-state index contributed by atoms with van der Waals surface area (Å²) in [5.74, 6) is 3.40. The topological polar surface area (TPSA) is 89.3 Å². The second-order valence-electron chi connectivity index (χ2n) is 10.2. The van der Waals surface area contributed by atoms with Crippen LogP contribution in [0.25, 0.3) is 0 Å². The van der Waals surface area contributed by atoms with Crippen molar-refractivity contribution in [3.63, 3.8) is 0 Å². The van der Waals surface area contributed by atoms with Crippen LogP contribution in [0.2, 0.25) is 0 Å². The van der Waals surface area contributed by atoms with E-state index in [9.17, 15) is 5.26 Å². The fourth-order valence-corrected chi connectivity index (χ4v) is 5.86. The van der Waals surface area contributed by atoms with Crippen LogP contribution in [0.5, 0.6) is 5.75 Å². The molecule has 5 heterocycles. The van der Waals surface area contributed by atoms with Crippen molar-refractivity contribution in [3.8, 4) is 11.8 Å². The zero-order valence-corrected chi connectivity index (χ0v) is 19.9. The van der Waals surface area contributed by atoms with Crippen LogP contribution in [0.1, 0.15) is 48.3 Å². The summed E-state index contributed by atoms with van der Waals surface area (Å²) in [6.45, 7) is 8.91. The van der Waals surface area contributed by atoms with E-state index in [0.717, 1.165) is 73.7 Å². The molecule has 0 atom stereocenters. The number of benzene rings is 1. The van der Waals surface area contributed by atoms with E-state index in [4.69, 9.17) is 4.74 Å². The molecule has 2 aromatic rings. The molecular formula is C26H33N7O. The van der Waals surface area contributed by atoms with Gasteiger partial charge in [-0.3, -0.25) is 4.90 Å². The Morgan fingerprint density at radius 3 is 2.56 bits per heavy atom. The van der Waals surface area contributed by atoms with E-state index in [1.54, 1.807) is 6.33 Å². The van der Waals surface area contributed by atoms with Gasteiger partial charge >= 0.3 is 0 Å². The number of hydrogen-bond donors (Lipinski definition) is 2. The van der Waals surface area contributed by atoms with Gasteiger partial charge < -0.3 is 20.3 Å². The summed E-state index contributed by atoms with van der Waals surface area (Å²) in [4.78, 5) is 14.1. The minimum absolute atomic E-state index is 0.147. The number of aromatic nitrogens is 2. The Morgan fingerprint density at radius 2 is 1.85 bits per heavy atom. The summed E-state index contributed by atoms with van der Waals surface area (Å²) in [5, 5.41) is 16.2. The molecule has 8 nitrogen and oxygen atoms in total. The molecule has 34 heavy (non-hydrogen) atoms. The smallest absolute Gasteiger partial charge is 0.146 e. The first kappa shape index (κ1) is 21.6. The number of fused-ring (bicyclic) bond motifs is 2. The molecule has 178 valence electrons. The van der Waals surface area contributed by atoms with E-state index in [1.165, 1.54) is 37.1 Å². The van der Waals surface area contributed by atoms with Crippen LogP contribution < -0.4 is 20.3 Å². The normalized spacial score (nSPS) is 21.9. The maximum Gasteiger partial charge on any atom is 0.146 e. The first-order chi connectivity index (χ1) is 16.7. The van der Waals surface area contributed by atoms with Gasteiger partial charge in [-0.25, -0.2) is 9.97 Å². The zero-order valence-electron chi connectivity index (χ0n) is 19.9. The van der Waals surface area contributed by atoms with Gasteiger partial charge in [-0.05, 0) is 68.8 Å². The molecule has 2 N–H and O–H groups in total. The van der Waals surface area contributed by atoms with Crippen LogP contribution >= 0.6 is 0 Å². The molecule has 0 spiro atoms. The number of nitriles is 1. The van der Waals surface area contributed by atoms with E-state index in [2.05, 4.69) is 55.5 Å². The quantitative estimate of drug-likeness (QED) is 0.723. The number of aryl methyl sites for hydroxylation is 1. The summed E-state index contributed by atoms with van der Waals surface area (Å²) in [6.07, 6.45) is 5.81. The number of nitrogens with one attached hydrogen (secondary N) is 2. The maximum atomic E-state index is 9.24. The summed E-state index contributed by atoms with van der Waals surface area (Å²) >= 11 is 0. The van der Waals surface area contributed by atoms with E-state index in [1.807, 2.05) is 0 Å². The molecule has 0 amide bonds. The third-order valence-corrected chi connectivity index (χ3v) is 8.09. The molecule has 4 aliphatic rings. The lowest BCUT2D eigenvalue weighted by Gasteiger charge is -2.42. The zero-order chi connectivity index (χ0) is 23.1. The van der Waals surface area contributed by atoms with Crippen LogP contribution in [0.15, 0.2) is 18.5 Å². The first-order valence-electron chi connectivity index (χ1n) is 12.7. The van der Waals surface area contributed by atoms with Crippen LogP contribution in [0.4, 0.5) is 17.3 Å². The Labute approximate surface area is 201 Å². The number of anilines is 3. The van der Waals surface area contributed by atoms with Crippen molar-refractivity contribution in [3.05, 3.63) is 35.2 Å². The molecule has 6 rings (SSSR count). The van der Waals surface area contributed by atoms with Crippen LogP contribution in [0.3, 0.4) is 0 Å². The summed E-state index contributed by atoms with van der Waals surface area (Å²) < 4.78 is 6.36. The molecule has 0 saturated carbocycles. The Bertz CT molecular complexity index is 1090. The molecular weight excluding hydrogens is 426 g/mol. The van der Waals surface area contributed by atoms with E-state index in [-0.39, 0.29) is 5.92 Å². The molecule has 4 aliphatic heterocycles. The van der Waals surface area contributed by atoms with Crippen molar-refractivity contribution in [1.29, 1.82) is 5.26 Å². The highest BCUT2D eigenvalue weighted by molar-refractivity contribution is 5.73. The van der Waals surface area contributed by atoms with Crippen molar-refractivity contribution >= 4 is 17.3 Å². The second kappa shape index (κ2) is 9.05. The van der Waals surface area contributed by atoms with Crippen LogP contribution in [-0.4, -0.2) is 60.2 Å². The Hall–Kier alpha value is -2.89. The summed E-state index contributed by atoms with van der Waals surface area (Å²) in [5.41, 5.74) is 4.57. The van der Waals surface area contributed by atoms with Crippen LogP contribution in [0, 0.1) is 24.2 Å². The van der Waals surface area contributed by atoms with Gasteiger partial charge in [0.05, 0.1) is 17.3 Å². The molecule has 0 aliphatic carbocycles. The van der Waals surface area contributed by atoms with Crippen molar-refractivity contribution in [2.45, 2.75) is 51.2 Å². The molecule has 0 unspecified atom stereocenters. The third-order valence-electron chi connectivity index (χ3n) is 8.09. The SMILES string of the molecule is Cc1cc(C2CCN(C3CNC3)CC2)cc2c1OCc1c(ncnc1N1CCC(C#N)CC1)N2. The number of rotatable bonds is 3. The largest absolute Gasteiger partial charge is 0.486 e. The fraction of sp³-hybridized carbons (Fsp3) is 0.577. The van der Waals surface area contributed by atoms with E-state index in [0.29, 0.717) is 12.5 Å². The highest BCUT2D eigenvalue weighted by Crippen LogP contribution is 2.41. The number of ether oxygens (including phenoxy) is 1. The minimum atomic E-state index is 0.147. The molecule has 3 fully saturated rings. The van der Waals surface area contributed by atoms with Crippen LogP contribution in [-0.2, 0) is 6.61 Å². The molecule has 0 radical (unpaired) electrons. The summed E-state index contributed by atoms with van der Waals surface area (Å²) in [6, 6.07) is 7.75. The van der Waals surface area contributed by atoms with Gasteiger partial charge in [0.1, 0.15) is 30.3 Å².